The van der Waals surface area contributed by atoms with Crippen molar-refractivity contribution in [3.63, 3.8) is 0 Å². The van der Waals surface area contributed by atoms with Crippen molar-refractivity contribution >= 4 is 17.3 Å². The minimum Gasteiger partial charge on any atom is -0.376 e. The molecule has 1 N–H and O–H groups in total. The molecule has 3 rings (SSSR count). The van der Waals surface area contributed by atoms with Crippen LogP contribution >= 0.6 is 11.3 Å². The van der Waals surface area contributed by atoms with Gasteiger partial charge in [-0.15, -0.1) is 11.3 Å². The molecule has 1 saturated heterocycles. The zero-order valence-corrected chi connectivity index (χ0v) is 19.0. The number of nitrogens with zero attached hydrogens (tertiary/aromatic N) is 3. The molecule has 0 spiro atoms. The van der Waals surface area contributed by atoms with E-state index < -0.39 is 0 Å². The molecular weight excluding hydrogens is 380 g/mol. The van der Waals surface area contributed by atoms with Gasteiger partial charge in [-0.2, -0.15) is 0 Å². The van der Waals surface area contributed by atoms with Crippen LogP contribution in [0.2, 0.25) is 0 Å². The molecule has 158 valence electrons. The second kappa shape index (κ2) is 10.2. The lowest BCUT2D eigenvalue weighted by molar-refractivity contribution is 0.0906. The molecule has 1 aliphatic heterocycles. The fourth-order valence-electron chi connectivity index (χ4n) is 3.38. The molecule has 2 aromatic rings. The molecule has 2 heterocycles. The Morgan fingerprint density at radius 1 is 1.31 bits per heavy atom. The minimum absolute atomic E-state index is 0.0882. The predicted molar refractivity (Wildman–Crippen MR) is 121 cm³/mol. The van der Waals surface area contributed by atoms with Crippen molar-refractivity contribution in [3.05, 3.63) is 52.0 Å². The number of nitrogens with one attached hydrogen (secondary N) is 1. The van der Waals surface area contributed by atoms with E-state index >= 15 is 0 Å². The van der Waals surface area contributed by atoms with Gasteiger partial charge in [0.25, 0.3) is 0 Å². The number of thiazole rings is 1. The number of hydrogen-bond donors (Lipinski definition) is 1. The highest BCUT2D eigenvalue weighted by Crippen LogP contribution is 2.24. The largest absolute Gasteiger partial charge is 0.376 e. The maximum Gasteiger partial charge on any atom is 0.194 e. The highest BCUT2D eigenvalue weighted by atomic mass is 32.1. The third-order valence-electron chi connectivity index (χ3n) is 5.07. The van der Waals surface area contributed by atoms with Crippen molar-refractivity contribution in [2.75, 3.05) is 26.2 Å². The van der Waals surface area contributed by atoms with Crippen molar-refractivity contribution in [2.24, 2.45) is 10.9 Å². The van der Waals surface area contributed by atoms with Crippen molar-refractivity contribution in [1.82, 2.24) is 15.2 Å². The van der Waals surface area contributed by atoms with Gasteiger partial charge < -0.3 is 15.0 Å². The smallest absolute Gasteiger partial charge is 0.194 e. The van der Waals surface area contributed by atoms with Gasteiger partial charge in [0.05, 0.1) is 25.5 Å². The summed E-state index contributed by atoms with van der Waals surface area (Å²) in [6.07, 6.45) is 1.14. The molecule has 1 aliphatic rings. The standard InChI is InChI=1S/C23H34N4OS/c1-5-24-22(25-13-21-26-20(17-29-21)23(2,3)4)27-12-11-19(14-27)16-28-15-18-9-7-6-8-10-18/h6-10,17,19H,5,11-16H2,1-4H3,(H,24,25). The van der Waals surface area contributed by atoms with Gasteiger partial charge in [0, 0.05) is 36.3 Å². The van der Waals surface area contributed by atoms with Crippen molar-refractivity contribution in [3.8, 4) is 0 Å². The molecule has 1 aromatic carbocycles. The molecule has 1 fully saturated rings. The summed E-state index contributed by atoms with van der Waals surface area (Å²) in [4.78, 5) is 12.0. The maximum absolute atomic E-state index is 5.96. The summed E-state index contributed by atoms with van der Waals surface area (Å²) in [5.74, 6) is 1.54. The van der Waals surface area contributed by atoms with Crippen LogP contribution in [0.15, 0.2) is 40.7 Å². The number of hydrogen-bond acceptors (Lipinski definition) is 4. The van der Waals surface area contributed by atoms with Gasteiger partial charge in [0.1, 0.15) is 5.01 Å². The van der Waals surface area contributed by atoms with E-state index in [4.69, 9.17) is 14.7 Å². The van der Waals surface area contributed by atoms with E-state index in [1.807, 2.05) is 6.07 Å². The van der Waals surface area contributed by atoms with Crippen LogP contribution < -0.4 is 5.32 Å². The zero-order chi connectivity index (χ0) is 20.7. The molecule has 0 aliphatic carbocycles. The maximum atomic E-state index is 5.96. The Labute approximate surface area is 179 Å². The third kappa shape index (κ3) is 6.54. The third-order valence-corrected chi connectivity index (χ3v) is 5.90. The van der Waals surface area contributed by atoms with Crippen LogP contribution in [0.5, 0.6) is 0 Å². The Hall–Kier alpha value is -1.92. The monoisotopic (exact) mass is 414 g/mol. The van der Waals surface area contributed by atoms with Crippen LogP contribution in [0.3, 0.4) is 0 Å². The topological polar surface area (TPSA) is 49.8 Å². The summed E-state index contributed by atoms with van der Waals surface area (Å²) < 4.78 is 5.96. The van der Waals surface area contributed by atoms with Crippen molar-refractivity contribution in [1.29, 1.82) is 0 Å². The van der Waals surface area contributed by atoms with E-state index in [0.29, 0.717) is 19.1 Å². The summed E-state index contributed by atoms with van der Waals surface area (Å²) in [5.41, 5.74) is 2.47. The molecule has 1 atom stereocenters. The van der Waals surface area contributed by atoms with Gasteiger partial charge in [0.15, 0.2) is 5.96 Å². The normalized spacial score (nSPS) is 17.7. The average Bonchev–Trinajstić information content (AvgIpc) is 3.36. The van der Waals surface area contributed by atoms with Crippen LogP contribution in [0.4, 0.5) is 0 Å². The fourth-order valence-corrected chi connectivity index (χ4v) is 4.32. The molecule has 0 saturated carbocycles. The Bertz CT molecular complexity index is 782. The van der Waals surface area contributed by atoms with Crippen LogP contribution in [0.1, 0.15) is 50.4 Å². The number of likely N-dealkylation sites (tertiary alicyclic amines) is 1. The summed E-state index contributed by atoms with van der Waals surface area (Å²) in [7, 11) is 0. The lowest BCUT2D eigenvalue weighted by atomic mass is 9.93. The summed E-state index contributed by atoms with van der Waals surface area (Å²) >= 11 is 1.70. The van der Waals surface area contributed by atoms with Gasteiger partial charge in [-0.05, 0) is 18.9 Å². The SMILES string of the molecule is CCNC(=NCc1nc(C(C)(C)C)cs1)N1CCC(COCc2ccccc2)C1. The van der Waals surface area contributed by atoms with Gasteiger partial charge >= 0.3 is 0 Å². The first-order chi connectivity index (χ1) is 14.0. The zero-order valence-electron chi connectivity index (χ0n) is 18.1. The Morgan fingerprint density at radius 2 is 2.10 bits per heavy atom. The summed E-state index contributed by atoms with van der Waals surface area (Å²) in [5, 5.41) is 6.68. The molecule has 0 amide bonds. The van der Waals surface area contributed by atoms with E-state index in [-0.39, 0.29) is 5.41 Å². The quantitative estimate of drug-likeness (QED) is 0.537. The highest BCUT2D eigenvalue weighted by Gasteiger charge is 2.25. The molecular formula is C23H34N4OS. The fraction of sp³-hybridized carbons (Fsp3) is 0.565. The predicted octanol–water partition coefficient (Wildman–Crippen LogP) is 4.44. The second-order valence-electron chi connectivity index (χ2n) is 8.65. The first-order valence-electron chi connectivity index (χ1n) is 10.6. The van der Waals surface area contributed by atoms with Gasteiger partial charge in [-0.25, -0.2) is 9.98 Å². The lowest BCUT2D eigenvalue weighted by Gasteiger charge is -2.21. The second-order valence-corrected chi connectivity index (χ2v) is 9.59. The number of guanidine groups is 1. The Morgan fingerprint density at radius 3 is 2.79 bits per heavy atom. The van der Waals surface area contributed by atoms with E-state index in [2.05, 4.69) is 67.6 Å². The number of benzene rings is 1. The molecule has 29 heavy (non-hydrogen) atoms. The van der Waals surface area contributed by atoms with E-state index in [1.54, 1.807) is 11.3 Å². The number of aromatic nitrogens is 1. The number of rotatable bonds is 7. The summed E-state index contributed by atoms with van der Waals surface area (Å²) in [6, 6.07) is 10.4. The van der Waals surface area contributed by atoms with Crippen LogP contribution in [-0.2, 0) is 23.3 Å². The molecule has 5 nitrogen and oxygen atoms in total. The van der Waals surface area contributed by atoms with Crippen molar-refractivity contribution in [2.45, 2.75) is 52.7 Å². The lowest BCUT2D eigenvalue weighted by Crippen LogP contribution is -2.40. The van der Waals surface area contributed by atoms with E-state index in [9.17, 15) is 0 Å². The Kier molecular flexibility index (Phi) is 7.67. The van der Waals surface area contributed by atoms with E-state index in [0.717, 1.165) is 49.3 Å². The number of aliphatic imine (C=N–C) groups is 1. The molecule has 0 bridgehead atoms. The van der Waals surface area contributed by atoms with Gasteiger partial charge in [-0.1, -0.05) is 51.1 Å². The average molecular weight is 415 g/mol. The van der Waals surface area contributed by atoms with Crippen molar-refractivity contribution < 1.29 is 4.74 Å². The highest BCUT2D eigenvalue weighted by molar-refractivity contribution is 7.09. The summed E-state index contributed by atoms with van der Waals surface area (Å²) in [6.45, 7) is 13.7. The molecule has 6 heteroatoms. The first kappa shape index (κ1) is 21.8. The van der Waals surface area contributed by atoms with Crippen LogP contribution in [-0.4, -0.2) is 42.1 Å². The van der Waals surface area contributed by atoms with E-state index in [1.165, 1.54) is 5.56 Å². The van der Waals surface area contributed by atoms with Crippen LogP contribution in [0.25, 0.3) is 0 Å². The van der Waals surface area contributed by atoms with Crippen LogP contribution in [0, 0.1) is 5.92 Å². The molecule has 1 aromatic heterocycles. The molecule has 0 radical (unpaired) electrons. The molecule has 1 unspecified atom stereocenters. The Balaban J connectivity index is 1.51. The first-order valence-corrected chi connectivity index (χ1v) is 11.4. The number of ether oxygens (including phenoxy) is 1. The van der Waals surface area contributed by atoms with Gasteiger partial charge in [0.2, 0.25) is 0 Å². The van der Waals surface area contributed by atoms with Gasteiger partial charge in [-0.3, -0.25) is 0 Å². The minimum atomic E-state index is 0.0882.